The molecule has 0 fully saturated rings. The van der Waals surface area contributed by atoms with Gasteiger partial charge in [0.1, 0.15) is 0 Å². The van der Waals surface area contributed by atoms with Gasteiger partial charge < -0.3 is 0 Å². The summed E-state index contributed by atoms with van der Waals surface area (Å²) in [6.07, 6.45) is 17.7. The highest BCUT2D eigenvalue weighted by atomic mass is 32.1. The van der Waals surface area contributed by atoms with Gasteiger partial charge in [0, 0.05) is 0 Å². The van der Waals surface area contributed by atoms with E-state index < -0.39 is 0 Å². The molecule has 0 nitrogen and oxygen atoms in total. The molecule has 0 aromatic rings. The van der Waals surface area contributed by atoms with Crippen LogP contribution >= 0.6 is 21.4 Å². The van der Waals surface area contributed by atoms with E-state index in [1.807, 2.05) is 0 Å². The smallest absolute Gasteiger partial charge is 0.0326 e. The highest BCUT2D eigenvalue weighted by molar-refractivity contribution is 7.59. The average Bonchev–Trinajstić information content (AvgIpc) is 2.29. The van der Waals surface area contributed by atoms with E-state index in [-0.39, 0.29) is 13.5 Å². The van der Waals surface area contributed by atoms with Crippen LogP contribution in [0.4, 0.5) is 0 Å². The Kier molecular flexibility index (Phi) is 19.8. The van der Waals surface area contributed by atoms with Crippen molar-refractivity contribution in [3.8, 4) is 0 Å². The first-order valence-corrected chi connectivity index (χ1v) is 9.47. The van der Waals surface area contributed by atoms with Gasteiger partial charge in [-0.05, 0) is 37.7 Å². The van der Waals surface area contributed by atoms with Crippen molar-refractivity contribution in [1.29, 1.82) is 0 Å². The number of unbranched alkanes of at least 4 members (excludes halogenated alkanes) is 6. The first-order chi connectivity index (χ1) is 7.85. The minimum absolute atomic E-state index is 0. The van der Waals surface area contributed by atoms with Crippen LogP contribution in [0.3, 0.4) is 0 Å². The Hall–Kier alpha value is 0.780. The van der Waals surface area contributed by atoms with Gasteiger partial charge in [0.15, 0.2) is 0 Å². The molecule has 0 aliphatic heterocycles. The quantitative estimate of drug-likeness (QED) is 0.296. The minimum atomic E-state index is 0. The first-order valence-electron chi connectivity index (χ1n) is 7.57. The van der Waals surface area contributed by atoms with Crippen LogP contribution in [0.2, 0.25) is 0 Å². The molecule has 0 heterocycles. The summed E-state index contributed by atoms with van der Waals surface area (Å²) in [5, 5.41) is 0. The normalized spacial score (nSPS) is 10.6. The first kappa shape index (κ1) is 20.1. The Bertz CT molecular complexity index is 104. The SMILES string of the molecule is CCCCCP(CCCCC)CCCCC.S. The molecule has 0 radical (unpaired) electrons. The van der Waals surface area contributed by atoms with Crippen LogP contribution in [0.5, 0.6) is 0 Å². The second-order valence-electron chi connectivity index (χ2n) is 4.96. The van der Waals surface area contributed by atoms with Crippen LogP contribution in [0, 0.1) is 0 Å². The second kappa shape index (κ2) is 16.8. The molecule has 0 saturated heterocycles. The molecule has 0 aliphatic carbocycles. The van der Waals surface area contributed by atoms with Gasteiger partial charge in [0.2, 0.25) is 0 Å². The van der Waals surface area contributed by atoms with Crippen molar-refractivity contribution >= 4 is 21.4 Å². The third-order valence-electron chi connectivity index (χ3n) is 3.23. The summed E-state index contributed by atoms with van der Waals surface area (Å²) < 4.78 is 0. The van der Waals surface area contributed by atoms with Crippen molar-refractivity contribution < 1.29 is 0 Å². The maximum Gasteiger partial charge on any atom is -0.0326 e. The summed E-state index contributed by atoms with van der Waals surface area (Å²) in [7, 11) is 0.405. The van der Waals surface area contributed by atoms with Crippen LogP contribution in [-0.2, 0) is 0 Å². The van der Waals surface area contributed by atoms with Crippen molar-refractivity contribution in [2.45, 2.75) is 78.6 Å². The molecular formula is C15H35PS. The zero-order valence-corrected chi connectivity index (χ0v) is 14.3. The molecule has 0 aromatic heterocycles. The third-order valence-corrected chi connectivity index (χ3v) is 6.08. The molecule has 0 unspecified atom stereocenters. The Balaban J connectivity index is 0. The Morgan fingerprint density at radius 2 is 0.824 bits per heavy atom. The molecule has 0 atom stereocenters. The van der Waals surface area contributed by atoms with E-state index in [1.54, 1.807) is 18.5 Å². The van der Waals surface area contributed by atoms with Gasteiger partial charge in [0.05, 0.1) is 0 Å². The summed E-state index contributed by atoms with van der Waals surface area (Å²) in [6.45, 7) is 6.95. The van der Waals surface area contributed by atoms with E-state index >= 15 is 0 Å². The van der Waals surface area contributed by atoms with E-state index in [0.717, 1.165) is 0 Å². The highest BCUT2D eigenvalue weighted by Gasteiger charge is 2.06. The molecule has 17 heavy (non-hydrogen) atoms. The molecule has 0 spiro atoms. The summed E-state index contributed by atoms with van der Waals surface area (Å²) in [5.74, 6) is 0. The molecule has 0 aliphatic rings. The van der Waals surface area contributed by atoms with Crippen LogP contribution in [0.15, 0.2) is 0 Å². The Morgan fingerprint density at radius 1 is 0.529 bits per heavy atom. The van der Waals surface area contributed by atoms with Gasteiger partial charge in [0.25, 0.3) is 0 Å². The fourth-order valence-corrected chi connectivity index (χ4v) is 4.77. The van der Waals surface area contributed by atoms with E-state index in [4.69, 9.17) is 0 Å². The van der Waals surface area contributed by atoms with Crippen molar-refractivity contribution in [3.05, 3.63) is 0 Å². The summed E-state index contributed by atoms with van der Waals surface area (Å²) in [5.41, 5.74) is 0. The lowest BCUT2D eigenvalue weighted by molar-refractivity contribution is 0.749. The number of hydrogen-bond donors (Lipinski definition) is 0. The molecule has 0 amide bonds. The Morgan fingerprint density at radius 3 is 1.06 bits per heavy atom. The monoisotopic (exact) mass is 278 g/mol. The van der Waals surface area contributed by atoms with Crippen LogP contribution in [0.1, 0.15) is 78.6 Å². The largest absolute Gasteiger partial charge is 0.197 e. The van der Waals surface area contributed by atoms with E-state index in [2.05, 4.69) is 20.8 Å². The minimum Gasteiger partial charge on any atom is -0.197 e. The van der Waals surface area contributed by atoms with Gasteiger partial charge in [-0.25, -0.2) is 0 Å². The summed E-state index contributed by atoms with van der Waals surface area (Å²) in [6, 6.07) is 0. The lowest BCUT2D eigenvalue weighted by Crippen LogP contribution is -1.96. The zero-order chi connectivity index (χ0) is 12.1. The second-order valence-corrected chi connectivity index (χ2v) is 7.65. The lowest BCUT2D eigenvalue weighted by atomic mass is 10.3. The molecule has 106 valence electrons. The van der Waals surface area contributed by atoms with Crippen molar-refractivity contribution in [3.63, 3.8) is 0 Å². The molecule has 2 heteroatoms. The maximum atomic E-state index is 2.32. The lowest BCUT2D eigenvalue weighted by Gasteiger charge is -2.17. The van der Waals surface area contributed by atoms with Gasteiger partial charge in [-0.3, -0.25) is 0 Å². The number of hydrogen-bond acceptors (Lipinski definition) is 0. The van der Waals surface area contributed by atoms with Crippen molar-refractivity contribution in [2.24, 2.45) is 0 Å². The predicted molar refractivity (Wildman–Crippen MR) is 90.5 cm³/mol. The summed E-state index contributed by atoms with van der Waals surface area (Å²) >= 11 is 0. The fraction of sp³-hybridized carbons (Fsp3) is 1.00. The van der Waals surface area contributed by atoms with Gasteiger partial charge in [-0.1, -0.05) is 59.3 Å². The van der Waals surface area contributed by atoms with Crippen LogP contribution in [0.25, 0.3) is 0 Å². The predicted octanol–water partition coefficient (Wildman–Crippen LogP) is 6.15. The molecule has 0 bridgehead atoms. The van der Waals surface area contributed by atoms with Crippen LogP contribution < -0.4 is 0 Å². The fourth-order valence-electron chi connectivity index (χ4n) is 2.09. The third kappa shape index (κ3) is 14.7. The van der Waals surface area contributed by atoms with Gasteiger partial charge in [-0.2, -0.15) is 13.5 Å². The molecule has 0 rings (SSSR count). The molecule has 0 N–H and O–H groups in total. The van der Waals surface area contributed by atoms with Crippen molar-refractivity contribution in [2.75, 3.05) is 18.5 Å². The highest BCUT2D eigenvalue weighted by Crippen LogP contribution is 2.39. The van der Waals surface area contributed by atoms with E-state index in [9.17, 15) is 0 Å². The van der Waals surface area contributed by atoms with E-state index in [1.165, 1.54) is 57.8 Å². The van der Waals surface area contributed by atoms with Gasteiger partial charge in [-0.15, -0.1) is 7.92 Å². The molecule has 0 saturated carbocycles. The van der Waals surface area contributed by atoms with Crippen LogP contribution in [-0.4, -0.2) is 18.5 Å². The average molecular weight is 278 g/mol. The summed E-state index contributed by atoms with van der Waals surface area (Å²) in [4.78, 5) is 0. The van der Waals surface area contributed by atoms with Crippen molar-refractivity contribution in [1.82, 2.24) is 0 Å². The topological polar surface area (TPSA) is 0 Å². The van der Waals surface area contributed by atoms with E-state index in [0.29, 0.717) is 7.92 Å². The zero-order valence-electron chi connectivity index (χ0n) is 12.4. The standard InChI is InChI=1S/C15H33P.H2S/c1-4-7-10-13-16(14-11-8-5-2)15-12-9-6-3;/h4-15H2,1-3H3;1H2. The molecule has 0 aromatic carbocycles. The molecular weight excluding hydrogens is 243 g/mol. The maximum absolute atomic E-state index is 2.32. The number of rotatable bonds is 12. The van der Waals surface area contributed by atoms with Gasteiger partial charge >= 0.3 is 0 Å². The Labute approximate surface area is 119 Å².